The molecule has 6 nitrogen and oxygen atoms in total. The fraction of sp³-hybridized carbons (Fsp3) is 0.292. The Morgan fingerprint density at radius 1 is 1.23 bits per heavy atom. The third kappa shape index (κ3) is 5.43. The molecule has 35 heavy (non-hydrogen) atoms. The number of hydrogen-bond acceptors (Lipinski definition) is 5. The fourth-order valence-electron chi connectivity index (χ4n) is 3.98. The van der Waals surface area contributed by atoms with Crippen molar-refractivity contribution in [3.8, 4) is 0 Å². The molecule has 2 aromatic heterocycles. The standard InChI is InChI=1S/C24H21ClF3N3O3S/c1-29-23(33)14-3-2-4-16(7-14)30-10-15(11-30)17-8-20(35-22(17)25)19(32)6-13-5-18(26)24(34)31(9-13)12-21(27)28/h2-5,7-9,15,21H,6,10-12H2,1H3,(H,29,33). The topological polar surface area (TPSA) is 71.4 Å². The van der Waals surface area contributed by atoms with E-state index in [1.807, 2.05) is 18.2 Å². The number of benzene rings is 1. The van der Waals surface area contributed by atoms with E-state index in [-0.39, 0.29) is 29.6 Å². The summed E-state index contributed by atoms with van der Waals surface area (Å²) in [4.78, 5) is 38.8. The van der Waals surface area contributed by atoms with Crippen LogP contribution >= 0.6 is 22.9 Å². The second-order valence-electron chi connectivity index (χ2n) is 8.22. The molecule has 0 bridgehead atoms. The summed E-state index contributed by atoms with van der Waals surface area (Å²) < 4.78 is 40.3. The van der Waals surface area contributed by atoms with Crippen LogP contribution in [0.4, 0.5) is 18.9 Å². The molecular weight excluding hydrogens is 503 g/mol. The van der Waals surface area contributed by atoms with Crippen molar-refractivity contribution >= 4 is 40.3 Å². The van der Waals surface area contributed by atoms with Crippen LogP contribution in [0.5, 0.6) is 0 Å². The van der Waals surface area contributed by atoms with Gasteiger partial charge in [-0.25, -0.2) is 13.2 Å². The average Bonchev–Trinajstić information content (AvgIpc) is 3.17. The van der Waals surface area contributed by atoms with Crippen LogP contribution < -0.4 is 15.8 Å². The Kier molecular flexibility index (Phi) is 7.32. The number of ketones is 1. The minimum Gasteiger partial charge on any atom is -0.370 e. The number of thiophene rings is 1. The van der Waals surface area contributed by atoms with Gasteiger partial charge in [-0.1, -0.05) is 17.7 Å². The van der Waals surface area contributed by atoms with Crippen LogP contribution in [0.25, 0.3) is 0 Å². The summed E-state index contributed by atoms with van der Waals surface area (Å²) in [6, 6.07) is 9.89. The lowest BCUT2D eigenvalue weighted by Gasteiger charge is -2.41. The minimum absolute atomic E-state index is 0.0920. The van der Waals surface area contributed by atoms with Gasteiger partial charge in [-0.15, -0.1) is 11.3 Å². The number of hydrogen-bond donors (Lipinski definition) is 1. The molecule has 11 heteroatoms. The number of Topliss-reactive ketones (excluding diaryl/α,β-unsaturated/α-hetero) is 1. The Balaban J connectivity index is 1.44. The monoisotopic (exact) mass is 523 g/mol. The number of alkyl halides is 2. The molecule has 3 aromatic rings. The first-order valence-corrected chi connectivity index (χ1v) is 11.9. The zero-order valence-corrected chi connectivity index (χ0v) is 20.1. The largest absolute Gasteiger partial charge is 0.370 e. The first kappa shape index (κ1) is 25.0. The fourth-order valence-corrected chi connectivity index (χ4v) is 5.35. The first-order valence-electron chi connectivity index (χ1n) is 10.7. The highest BCUT2D eigenvalue weighted by Crippen LogP contribution is 2.39. The van der Waals surface area contributed by atoms with E-state index in [1.165, 1.54) is 0 Å². The van der Waals surface area contributed by atoms with Crippen LogP contribution in [0.2, 0.25) is 4.34 Å². The van der Waals surface area contributed by atoms with E-state index in [0.29, 0.717) is 32.4 Å². The van der Waals surface area contributed by atoms with Crippen LogP contribution in [-0.4, -0.2) is 42.8 Å². The molecule has 1 N–H and O–H groups in total. The van der Waals surface area contributed by atoms with Crippen molar-refractivity contribution in [1.29, 1.82) is 0 Å². The van der Waals surface area contributed by atoms with Crippen molar-refractivity contribution in [3.63, 3.8) is 0 Å². The summed E-state index contributed by atoms with van der Waals surface area (Å²) in [6.45, 7) is 0.368. The van der Waals surface area contributed by atoms with Crippen LogP contribution in [0, 0.1) is 5.82 Å². The molecule has 1 fully saturated rings. The lowest BCUT2D eigenvalue weighted by molar-refractivity contribution is 0.0961. The molecule has 0 unspecified atom stereocenters. The third-order valence-corrected chi connectivity index (χ3v) is 7.24. The molecule has 1 aliphatic rings. The maximum Gasteiger partial charge on any atom is 0.286 e. The highest BCUT2D eigenvalue weighted by Gasteiger charge is 2.32. The van der Waals surface area contributed by atoms with Crippen molar-refractivity contribution in [3.05, 3.63) is 84.7 Å². The van der Waals surface area contributed by atoms with E-state index < -0.39 is 24.3 Å². The van der Waals surface area contributed by atoms with Gasteiger partial charge in [0.1, 0.15) is 0 Å². The maximum absolute atomic E-state index is 13.9. The molecule has 0 radical (unpaired) electrons. The number of carbonyl (C=O) groups excluding carboxylic acids is 2. The van der Waals surface area contributed by atoms with E-state index in [0.717, 1.165) is 34.9 Å². The van der Waals surface area contributed by atoms with Crippen molar-refractivity contribution in [1.82, 2.24) is 9.88 Å². The van der Waals surface area contributed by atoms with E-state index in [9.17, 15) is 27.6 Å². The lowest BCUT2D eigenvalue weighted by atomic mass is 9.92. The number of halogens is 4. The molecule has 4 rings (SSSR count). The highest BCUT2D eigenvalue weighted by atomic mass is 35.5. The number of nitrogens with one attached hydrogen (secondary N) is 1. The van der Waals surface area contributed by atoms with Gasteiger partial charge in [-0.05, 0) is 41.5 Å². The number of pyridine rings is 1. The van der Waals surface area contributed by atoms with Gasteiger partial charge in [0, 0.05) is 49.9 Å². The zero-order valence-electron chi connectivity index (χ0n) is 18.6. The zero-order chi connectivity index (χ0) is 25.3. The summed E-state index contributed by atoms with van der Waals surface area (Å²) in [5.74, 6) is -1.61. The number of nitrogens with zero attached hydrogens (tertiary/aromatic N) is 2. The lowest BCUT2D eigenvalue weighted by Crippen LogP contribution is -2.45. The van der Waals surface area contributed by atoms with Crippen LogP contribution in [-0.2, 0) is 13.0 Å². The van der Waals surface area contributed by atoms with Crippen molar-refractivity contribution < 1.29 is 22.8 Å². The van der Waals surface area contributed by atoms with E-state index >= 15 is 0 Å². The Hall–Kier alpha value is -3.11. The summed E-state index contributed by atoms with van der Waals surface area (Å²) in [5, 5.41) is 2.60. The van der Waals surface area contributed by atoms with Gasteiger partial charge >= 0.3 is 0 Å². The molecule has 1 aromatic carbocycles. The van der Waals surface area contributed by atoms with Gasteiger partial charge in [0.15, 0.2) is 11.6 Å². The highest BCUT2D eigenvalue weighted by molar-refractivity contribution is 7.18. The van der Waals surface area contributed by atoms with E-state index in [2.05, 4.69) is 10.2 Å². The number of anilines is 1. The molecular formula is C24H21ClF3N3O3S. The quantitative estimate of drug-likeness (QED) is 0.445. The Morgan fingerprint density at radius 2 is 1.97 bits per heavy atom. The molecule has 3 heterocycles. The SMILES string of the molecule is CNC(=O)c1cccc(N2CC(c3cc(C(=O)Cc4cc(F)c(=O)n(CC(F)F)c4)sc3Cl)C2)c1. The Labute approximate surface area is 207 Å². The molecule has 0 spiro atoms. The molecule has 1 saturated heterocycles. The van der Waals surface area contributed by atoms with Crippen LogP contribution in [0.3, 0.4) is 0 Å². The predicted octanol–water partition coefficient (Wildman–Crippen LogP) is 4.36. The average molecular weight is 524 g/mol. The second kappa shape index (κ2) is 10.2. The van der Waals surface area contributed by atoms with Crippen LogP contribution in [0.15, 0.2) is 47.4 Å². The normalized spacial score (nSPS) is 13.7. The number of carbonyl (C=O) groups is 2. The number of rotatable bonds is 8. The van der Waals surface area contributed by atoms with E-state index in [1.54, 1.807) is 19.2 Å². The number of amides is 1. The first-order chi connectivity index (χ1) is 16.7. The Morgan fingerprint density at radius 3 is 2.66 bits per heavy atom. The van der Waals surface area contributed by atoms with Crippen molar-refractivity contribution in [2.75, 3.05) is 25.0 Å². The van der Waals surface area contributed by atoms with Gasteiger partial charge in [0.05, 0.1) is 15.8 Å². The molecule has 0 aliphatic carbocycles. The van der Waals surface area contributed by atoms with Gasteiger partial charge in [0.25, 0.3) is 17.9 Å². The molecule has 0 saturated carbocycles. The number of aromatic nitrogens is 1. The van der Waals surface area contributed by atoms with Gasteiger partial charge < -0.3 is 14.8 Å². The smallest absolute Gasteiger partial charge is 0.286 e. The molecule has 0 atom stereocenters. The van der Waals surface area contributed by atoms with Gasteiger partial charge in [-0.3, -0.25) is 14.4 Å². The predicted molar refractivity (Wildman–Crippen MR) is 129 cm³/mol. The molecule has 184 valence electrons. The van der Waals surface area contributed by atoms with Crippen LogP contribution in [0.1, 0.15) is 37.1 Å². The third-order valence-electron chi connectivity index (χ3n) is 5.81. The van der Waals surface area contributed by atoms with Crippen molar-refractivity contribution in [2.45, 2.75) is 25.3 Å². The van der Waals surface area contributed by atoms with Crippen molar-refractivity contribution in [2.24, 2.45) is 0 Å². The van der Waals surface area contributed by atoms with E-state index in [4.69, 9.17) is 11.6 Å². The second-order valence-corrected chi connectivity index (χ2v) is 9.87. The minimum atomic E-state index is -2.83. The Bertz CT molecular complexity index is 1340. The summed E-state index contributed by atoms with van der Waals surface area (Å²) in [6.07, 6.45) is -1.99. The summed E-state index contributed by atoms with van der Waals surface area (Å²) in [7, 11) is 1.57. The summed E-state index contributed by atoms with van der Waals surface area (Å²) >= 11 is 7.52. The maximum atomic E-state index is 13.9. The molecule has 1 amide bonds. The molecule has 1 aliphatic heterocycles. The van der Waals surface area contributed by atoms with Gasteiger partial charge in [0.2, 0.25) is 0 Å². The van der Waals surface area contributed by atoms with Gasteiger partial charge in [-0.2, -0.15) is 0 Å². The summed E-state index contributed by atoms with van der Waals surface area (Å²) in [5.41, 5.74) is 1.27.